The van der Waals surface area contributed by atoms with Gasteiger partial charge in [-0.1, -0.05) is 6.92 Å². The van der Waals surface area contributed by atoms with Crippen LogP contribution in [0, 0.1) is 12.8 Å². The summed E-state index contributed by atoms with van der Waals surface area (Å²) in [5.74, 6) is 0.388. The molecule has 1 N–H and O–H groups in total. The van der Waals surface area contributed by atoms with Crippen LogP contribution in [0.5, 0.6) is 0 Å². The first kappa shape index (κ1) is 13.3. The van der Waals surface area contributed by atoms with Crippen molar-refractivity contribution in [3.63, 3.8) is 0 Å². The smallest absolute Gasteiger partial charge is 0.227 e. The van der Waals surface area contributed by atoms with Gasteiger partial charge in [0.2, 0.25) is 5.91 Å². The summed E-state index contributed by atoms with van der Waals surface area (Å²) >= 11 is 1.73. The van der Waals surface area contributed by atoms with Crippen molar-refractivity contribution < 1.29 is 4.79 Å². The highest BCUT2D eigenvalue weighted by atomic mass is 32.1. The monoisotopic (exact) mass is 286 g/mol. The third-order valence-electron chi connectivity index (χ3n) is 3.58. The third-order valence-corrected chi connectivity index (χ3v) is 4.64. The predicted molar refractivity (Wildman–Crippen MR) is 83.0 cm³/mol. The normalized spacial score (nSPS) is 14.3. The Kier molecular flexibility index (Phi) is 3.57. The van der Waals surface area contributed by atoms with E-state index in [0.717, 1.165) is 35.5 Å². The van der Waals surface area contributed by atoms with Crippen molar-refractivity contribution in [3.05, 3.63) is 34.8 Å². The fourth-order valence-electron chi connectivity index (χ4n) is 2.17. The highest BCUT2D eigenvalue weighted by Crippen LogP contribution is 2.31. The minimum atomic E-state index is 0.149. The average molecular weight is 286 g/mol. The van der Waals surface area contributed by atoms with Crippen LogP contribution in [0.2, 0.25) is 0 Å². The molecule has 20 heavy (non-hydrogen) atoms. The van der Waals surface area contributed by atoms with Crippen molar-refractivity contribution in [1.82, 2.24) is 4.98 Å². The summed E-state index contributed by atoms with van der Waals surface area (Å²) in [4.78, 5) is 17.6. The van der Waals surface area contributed by atoms with E-state index >= 15 is 0 Å². The fourth-order valence-corrected chi connectivity index (χ4v) is 3.17. The van der Waals surface area contributed by atoms with Gasteiger partial charge >= 0.3 is 0 Å². The number of nitrogens with one attached hydrogen (secondary N) is 1. The van der Waals surface area contributed by atoms with E-state index < -0.39 is 0 Å². The van der Waals surface area contributed by atoms with E-state index in [1.165, 1.54) is 10.6 Å². The van der Waals surface area contributed by atoms with Gasteiger partial charge in [0.05, 0.1) is 5.69 Å². The lowest BCUT2D eigenvalue weighted by Crippen LogP contribution is -2.12. The average Bonchev–Trinajstić information content (AvgIpc) is 3.23. The van der Waals surface area contributed by atoms with Gasteiger partial charge in [-0.05, 0) is 50.5 Å². The van der Waals surface area contributed by atoms with E-state index in [9.17, 15) is 4.79 Å². The summed E-state index contributed by atoms with van der Waals surface area (Å²) in [6.45, 7) is 4.24. The molecule has 0 bridgehead atoms. The molecule has 0 unspecified atom stereocenters. The molecule has 4 heteroatoms. The van der Waals surface area contributed by atoms with Gasteiger partial charge in [0, 0.05) is 22.0 Å². The highest BCUT2D eigenvalue weighted by Gasteiger charge is 2.29. The second-order valence-corrected chi connectivity index (χ2v) is 6.42. The molecule has 1 saturated carbocycles. The number of thiazole rings is 1. The molecule has 1 heterocycles. The van der Waals surface area contributed by atoms with Crippen molar-refractivity contribution >= 4 is 22.9 Å². The number of carbonyl (C=O) groups excluding carboxylic acids is 1. The van der Waals surface area contributed by atoms with Crippen LogP contribution >= 0.6 is 11.3 Å². The van der Waals surface area contributed by atoms with Crippen molar-refractivity contribution in [2.75, 3.05) is 5.32 Å². The minimum Gasteiger partial charge on any atom is -0.326 e. The van der Waals surface area contributed by atoms with E-state index in [-0.39, 0.29) is 11.8 Å². The highest BCUT2D eigenvalue weighted by molar-refractivity contribution is 7.15. The number of amides is 1. The SMILES string of the molecule is CCc1nc(-c2ccc(NC(=O)C3CC3)cc2)sc1C. The Bertz CT molecular complexity index is 626. The number of hydrogen-bond acceptors (Lipinski definition) is 3. The van der Waals surface area contributed by atoms with Crippen LogP contribution in [0.1, 0.15) is 30.3 Å². The van der Waals surface area contributed by atoms with Crippen LogP contribution in [0.15, 0.2) is 24.3 Å². The fraction of sp³-hybridized carbons (Fsp3) is 0.375. The van der Waals surface area contributed by atoms with Gasteiger partial charge in [-0.25, -0.2) is 4.98 Å². The van der Waals surface area contributed by atoms with E-state index in [2.05, 4.69) is 24.1 Å². The van der Waals surface area contributed by atoms with Gasteiger partial charge in [-0.15, -0.1) is 11.3 Å². The van der Waals surface area contributed by atoms with E-state index in [1.807, 2.05) is 24.3 Å². The minimum absolute atomic E-state index is 0.149. The van der Waals surface area contributed by atoms with Crippen LogP contribution in [-0.2, 0) is 11.2 Å². The summed E-state index contributed by atoms with van der Waals surface area (Å²) in [5, 5.41) is 4.01. The number of carbonyl (C=O) groups is 1. The summed E-state index contributed by atoms with van der Waals surface area (Å²) in [6.07, 6.45) is 3.03. The molecule has 1 fully saturated rings. The second-order valence-electron chi connectivity index (χ2n) is 5.22. The zero-order valence-corrected chi connectivity index (χ0v) is 12.6. The first-order valence-electron chi connectivity index (χ1n) is 7.05. The van der Waals surface area contributed by atoms with Crippen molar-refractivity contribution in [3.8, 4) is 10.6 Å². The molecule has 3 nitrogen and oxygen atoms in total. The molecule has 104 valence electrons. The van der Waals surface area contributed by atoms with Crippen molar-refractivity contribution in [1.29, 1.82) is 0 Å². The molecule has 3 rings (SSSR count). The second kappa shape index (κ2) is 5.37. The molecule has 1 aliphatic carbocycles. The number of nitrogens with zero attached hydrogens (tertiary/aromatic N) is 1. The van der Waals surface area contributed by atoms with E-state index in [0.29, 0.717) is 0 Å². The summed E-state index contributed by atoms with van der Waals surface area (Å²) < 4.78 is 0. The maximum Gasteiger partial charge on any atom is 0.227 e. The van der Waals surface area contributed by atoms with Crippen LogP contribution in [0.25, 0.3) is 10.6 Å². The predicted octanol–water partition coefficient (Wildman–Crippen LogP) is 4.03. The molecule has 1 aliphatic rings. The lowest BCUT2D eigenvalue weighted by molar-refractivity contribution is -0.117. The standard InChI is InChI=1S/C16H18N2OS/c1-3-14-10(2)20-16(18-14)12-6-8-13(9-7-12)17-15(19)11-4-5-11/h6-9,11H,3-5H2,1-2H3,(H,17,19). The lowest BCUT2D eigenvalue weighted by Gasteiger charge is -2.04. The Hall–Kier alpha value is -1.68. The van der Waals surface area contributed by atoms with Crippen molar-refractivity contribution in [2.24, 2.45) is 5.92 Å². The van der Waals surface area contributed by atoms with Crippen LogP contribution in [0.3, 0.4) is 0 Å². The summed E-state index contributed by atoms with van der Waals surface area (Å²) in [7, 11) is 0. The molecule has 1 amide bonds. The number of anilines is 1. The molecular weight excluding hydrogens is 268 g/mol. The number of aromatic nitrogens is 1. The van der Waals surface area contributed by atoms with Crippen molar-refractivity contribution in [2.45, 2.75) is 33.1 Å². The van der Waals surface area contributed by atoms with E-state index in [1.54, 1.807) is 11.3 Å². The van der Waals surface area contributed by atoms with Gasteiger partial charge in [0.15, 0.2) is 0 Å². The first-order valence-corrected chi connectivity index (χ1v) is 7.86. The van der Waals surface area contributed by atoms with Gasteiger partial charge in [-0.3, -0.25) is 4.79 Å². The Morgan fingerprint density at radius 3 is 2.60 bits per heavy atom. The van der Waals surface area contributed by atoms with Gasteiger partial charge in [-0.2, -0.15) is 0 Å². The zero-order chi connectivity index (χ0) is 14.1. The molecule has 0 saturated heterocycles. The van der Waals surface area contributed by atoms with E-state index in [4.69, 9.17) is 0 Å². The van der Waals surface area contributed by atoms with Crippen LogP contribution < -0.4 is 5.32 Å². The quantitative estimate of drug-likeness (QED) is 0.922. The van der Waals surface area contributed by atoms with Gasteiger partial charge in [0.25, 0.3) is 0 Å². The van der Waals surface area contributed by atoms with Crippen LogP contribution in [0.4, 0.5) is 5.69 Å². The third kappa shape index (κ3) is 2.75. The number of rotatable bonds is 4. The molecular formula is C16H18N2OS. The maximum atomic E-state index is 11.7. The topological polar surface area (TPSA) is 42.0 Å². The molecule has 0 spiro atoms. The maximum absolute atomic E-state index is 11.7. The lowest BCUT2D eigenvalue weighted by atomic mass is 10.2. The zero-order valence-electron chi connectivity index (χ0n) is 11.8. The van der Waals surface area contributed by atoms with Gasteiger partial charge in [0.1, 0.15) is 5.01 Å². The molecule has 2 aromatic rings. The molecule has 0 atom stereocenters. The first-order chi connectivity index (χ1) is 9.67. The van der Waals surface area contributed by atoms with Crippen LogP contribution in [-0.4, -0.2) is 10.9 Å². The molecule has 1 aromatic heterocycles. The number of hydrogen-bond donors (Lipinski definition) is 1. The molecule has 0 radical (unpaired) electrons. The largest absolute Gasteiger partial charge is 0.326 e. The number of aryl methyl sites for hydroxylation is 2. The summed E-state index contributed by atoms with van der Waals surface area (Å²) in [5.41, 5.74) is 3.16. The molecule has 1 aromatic carbocycles. The number of benzene rings is 1. The Morgan fingerprint density at radius 1 is 1.35 bits per heavy atom. The Labute approximate surface area is 123 Å². The Balaban J connectivity index is 1.75. The van der Waals surface area contributed by atoms with Gasteiger partial charge < -0.3 is 5.32 Å². The molecule has 0 aliphatic heterocycles. The summed E-state index contributed by atoms with van der Waals surface area (Å²) in [6, 6.07) is 7.97. The Morgan fingerprint density at radius 2 is 2.05 bits per heavy atom.